The number of esters is 1. The molecule has 0 bridgehead atoms. The molecule has 0 aliphatic carbocycles. The zero-order valence-electron chi connectivity index (χ0n) is 13.9. The van der Waals surface area contributed by atoms with Crippen LogP contribution in [0.1, 0.15) is 11.1 Å². The number of aliphatic imine (C=N–C) groups is 1. The minimum absolute atomic E-state index is 0.214. The van der Waals surface area contributed by atoms with Gasteiger partial charge in [0.1, 0.15) is 18.1 Å². The number of hydrogen-bond donors (Lipinski definition) is 0. The molecule has 2 heterocycles. The van der Waals surface area contributed by atoms with Gasteiger partial charge in [0.15, 0.2) is 5.70 Å². The molecule has 5 nitrogen and oxygen atoms in total. The van der Waals surface area contributed by atoms with Gasteiger partial charge in [-0.25, -0.2) is 9.79 Å². The van der Waals surface area contributed by atoms with Crippen molar-refractivity contribution in [3.05, 3.63) is 76.0 Å². The van der Waals surface area contributed by atoms with E-state index < -0.39 is 5.97 Å². The third kappa shape index (κ3) is 3.09. The summed E-state index contributed by atoms with van der Waals surface area (Å²) in [6.45, 7) is 0.338. The topological polar surface area (TPSA) is 57.1 Å². The zero-order chi connectivity index (χ0) is 18.1. The lowest BCUT2D eigenvalue weighted by Gasteiger charge is -2.16. The minimum Gasteiger partial charge on any atom is -0.496 e. The average molecular weight is 368 g/mol. The van der Waals surface area contributed by atoms with E-state index in [4.69, 9.17) is 25.8 Å². The van der Waals surface area contributed by atoms with Crippen molar-refractivity contribution in [3.63, 3.8) is 0 Å². The second-order valence-corrected chi connectivity index (χ2v) is 6.16. The van der Waals surface area contributed by atoms with Crippen LogP contribution >= 0.6 is 11.6 Å². The summed E-state index contributed by atoms with van der Waals surface area (Å²) in [6, 6.07) is 12.6. The van der Waals surface area contributed by atoms with Crippen LogP contribution in [0.15, 0.2) is 64.8 Å². The van der Waals surface area contributed by atoms with Crippen LogP contribution in [0.5, 0.6) is 11.5 Å². The van der Waals surface area contributed by atoms with Crippen molar-refractivity contribution in [1.82, 2.24) is 0 Å². The van der Waals surface area contributed by atoms with Crippen LogP contribution in [0.25, 0.3) is 6.08 Å². The fraction of sp³-hybridized carbons (Fsp3) is 0.100. The minimum atomic E-state index is -0.510. The summed E-state index contributed by atoms with van der Waals surface area (Å²) in [4.78, 5) is 16.5. The predicted octanol–water partition coefficient (Wildman–Crippen LogP) is 4.01. The van der Waals surface area contributed by atoms with Gasteiger partial charge >= 0.3 is 5.97 Å². The highest BCUT2D eigenvalue weighted by Gasteiger charge is 2.26. The molecular weight excluding hydrogens is 354 g/mol. The molecule has 4 rings (SSSR count). The molecule has 0 fully saturated rings. The van der Waals surface area contributed by atoms with E-state index in [-0.39, 0.29) is 11.6 Å². The van der Waals surface area contributed by atoms with Gasteiger partial charge in [-0.2, -0.15) is 0 Å². The fourth-order valence-electron chi connectivity index (χ4n) is 2.77. The number of benzene rings is 2. The smallest absolute Gasteiger partial charge is 0.363 e. The van der Waals surface area contributed by atoms with Gasteiger partial charge in [-0.3, -0.25) is 0 Å². The molecule has 0 saturated heterocycles. The average Bonchev–Trinajstić information content (AvgIpc) is 3.01. The number of carbonyl (C=O) groups excluding carboxylic acids is 1. The van der Waals surface area contributed by atoms with E-state index in [1.807, 2.05) is 30.3 Å². The predicted molar refractivity (Wildman–Crippen MR) is 98.6 cm³/mol. The van der Waals surface area contributed by atoms with Crippen molar-refractivity contribution in [2.45, 2.75) is 0 Å². The molecule has 0 saturated carbocycles. The molecule has 2 aromatic rings. The molecule has 0 spiro atoms. The molecule has 130 valence electrons. The maximum atomic E-state index is 12.2. The largest absolute Gasteiger partial charge is 0.496 e. The Morgan fingerprint density at radius 1 is 1.23 bits per heavy atom. The van der Waals surface area contributed by atoms with Crippen molar-refractivity contribution < 1.29 is 19.0 Å². The Morgan fingerprint density at radius 3 is 2.92 bits per heavy atom. The lowest BCUT2D eigenvalue weighted by atomic mass is 10.1. The van der Waals surface area contributed by atoms with E-state index in [0.717, 1.165) is 16.9 Å². The van der Waals surface area contributed by atoms with Crippen molar-refractivity contribution in [2.24, 2.45) is 4.99 Å². The van der Waals surface area contributed by atoms with Crippen LogP contribution in [0, 0.1) is 0 Å². The maximum Gasteiger partial charge on any atom is 0.363 e. The summed E-state index contributed by atoms with van der Waals surface area (Å²) >= 11 is 6.03. The van der Waals surface area contributed by atoms with Crippen molar-refractivity contribution >= 4 is 29.5 Å². The van der Waals surface area contributed by atoms with Gasteiger partial charge in [0, 0.05) is 10.6 Å². The summed E-state index contributed by atoms with van der Waals surface area (Å²) in [7, 11) is 1.56. The Morgan fingerprint density at radius 2 is 2.08 bits per heavy atom. The number of hydrogen-bond acceptors (Lipinski definition) is 5. The number of fused-ring (bicyclic) bond motifs is 1. The SMILES string of the molecule is COc1ccccc1C1=N/C(=C\C2=Cc3cc(Cl)ccc3OC2)C(=O)O1. The molecule has 0 atom stereocenters. The van der Waals surface area contributed by atoms with Crippen LogP contribution in [-0.4, -0.2) is 25.6 Å². The summed E-state index contributed by atoms with van der Waals surface area (Å²) < 4.78 is 16.3. The first-order valence-electron chi connectivity index (χ1n) is 7.93. The zero-order valence-corrected chi connectivity index (χ0v) is 14.6. The number of nitrogens with zero attached hydrogens (tertiary/aromatic N) is 1. The number of carbonyl (C=O) groups is 1. The second kappa shape index (κ2) is 6.69. The number of para-hydroxylation sites is 1. The number of halogens is 1. The van der Waals surface area contributed by atoms with E-state index in [0.29, 0.717) is 22.9 Å². The highest BCUT2D eigenvalue weighted by Crippen LogP contribution is 2.30. The van der Waals surface area contributed by atoms with Gasteiger partial charge in [0.05, 0.1) is 12.7 Å². The second-order valence-electron chi connectivity index (χ2n) is 5.73. The summed E-state index contributed by atoms with van der Waals surface area (Å²) in [6.07, 6.45) is 3.58. The molecule has 26 heavy (non-hydrogen) atoms. The number of methoxy groups -OCH3 is 1. The maximum absolute atomic E-state index is 12.2. The Kier molecular flexibility index (Phi) is 4.22. The first-order valence-corrected chi connectivity index (χ1v) is 8.31. The van der Waals surface area contributed by atoms with E-state index in [1.165, 1.54) is 0 Å². The molecule has 6 heteroatoms. The van der Waals surface area contributed by atoms with Crippen LogP contribution in [0.4, 0.5) is 0 Å². The molecular formula is C20H14ClNO4. The molecule has 0 aromatic heterocycles. The Hall–Kier alpha value is -3.05. The molecule has 0 unspecified atom stereocenters. The molecule has 2 aromatic carbocycles. The summed E-state index contributed by atoms with van der Waals surface area (Å²) in [5, 5.41) is 0.620. The van der Waals surface area contributed by atoms with Gasteiger partial charge in [-0.1, -0.05) is 23.7 Å². The number of cyclic esters (lactones) is 1. The molecule has 0 amide bonds. The molecule has 0 N–H and O–H groups in total. The fourth-order valence-corrected chi connectivity index (χ4v) is 2.95. The van der Waals surface area contributed by atoms with Gasteiger partial charge in [0.2, 0.25) is 5.90 Å². The van der Waals surface area contributed by atoms with E-state index in [9.17, 15) is 4.79 Å². The van der Waals surface area contributed by atoms with E-state index in [2.05, 4.69) is 4.99 Å². The normalized spacial score (nSPS) is 17.2. The van der Waals surface area contributed by atoms with Crippen LogP contribution in [0.3, 0.4) is 0 Å². The summed E-state index contributed by atoms with van der Waals surface area (Å²) in [5.74, 6) is 1.05. The van der Waals surface area contributed by atoms with Gasteiger partial charge in [-0.05, 0) is 48.1 Å². The standard InChI is InChI=1S/C20H14ClNO4/c1-24-18-5-3-2-4-15(18)19-22-16(20(23)26-19)9-12-8-13-10-14(21)6-7-17(13)25-11-12/h2-10H,11H2,1H3/b16-9-. The molecule has 2 aliphatic heterocycles. The van der Waals surface area contributed by atoms with Crippen molar-refractivity contribution in [3.8, 4) is 11.5 Å². The van der Waals surface area contributed by atoms with Crippen LogP contribution in [-0.2, 0) is 9.53 Å². The first kappa shape index (κ1) is 16.4. The molecule has 2 aliphatic rings. The monoisotopic (exact) mass is 367 g/mol. The Labute approximate surface area is 155 Å². The van der Waals surface area contributed by atoms with E-state index in [1.54, 1.807) is 31.4 Å². The van der Waals surface area contributed by atoms with Gasteiger partial charge < -0.3 is 14.2 Å². The van der Waals surface area contributed by atoms with Gasteiger partial charge in [0.25, 0.3) is 0 Å². The highest BCUT2D eigenvalue weighted by molar-refractivity contribution is 6.30. The lowest BCUT2D eigenvalue weighted by molar-refractivity contribution is -0.130. The summed E-state index contributed by atoms with van der Waals surface area (Å²) in [5.41, 5.74) is 2.50. The quantitative estimate of drug-likeness (QED) is 0.607. The van der Waals surface area contributed by atoms with Crippen molar-refractivity contribution in [1.29, 1.82) is 0 Å². The van der Waals surface area contributed by atoms with Crippen LogP contribution < -0.4 is 9.47 Å². The van der Waals surface area contributed by atoms with Gasteiger partial charge in [-0.15, -0.1) is 0 Å². The first-order chi connectivity index (χ1) is 12.6. The lowest BCUT2D eigenvalue weighted by Crippen LogP contribution is -2.08. The van der Waals surface area contributed by atoms with Crippen LogP contribution in [0.2, 0.25) is 5.02 Å². The number of ether oxygens (including phenoxy) is 3. The van der Waals surface area contributed by atoms with E-state index >= 15 is 0 Å². The number of rotatable bonds is 3. The Balaban J connectivity index is 1.68. The van der Waals surface area contributed by atoms with Crippen molar-refractivity contribution in [2.75, 3.05) is 13.7 Å². The third-order valence-electron chi connectivity index (χ3n) is 3.99. The third-order valence-corrected chi connectivity index (χ3v) is 4.22. The Bertz CT molecular complexity index is 991. The highest BCUT2D eigenvalue weighted by atomic mass is 35.5. The molecule has 0 radical (unpaired) electrons.